The number of rotatable bonds is 5. The standard InChI is InChI=1S/C11H12F3NO2/c12-11(13,14)8-15-10(16)7-17-6-9-4-2-1-3-5-9/h1-5H,6-8H2,(H,15,16). The summed E-state index contributed by atoms with van der Waals surface area (Å²) < 4.78 is 40.2. The van der Waals surface area contributed by atoms with Gasteiger partial charge in [0.15, 0.2) is 0 Å². The number of hydrogen-bond acceptors (Lipinski definition) is 2. The summed E-state index contributed by atoms with van der Waals surface area (Å²) in [6.07, 6.45) is -4.39. The molecular weight excluding hydrogens is 235 g/mol. The largest absolute Gasteiger partial charge is 0.405 e. The maximum Gasteiger partial charge on any atom is 0.405 e. The second kappa shape index (κ2) is 6.24. The predicted molar refractivity (Wildman–Crippen MR) is 55.2 cm³/mol. The predicted octanol–water partition coefficient (Wildman–Crippen LogP) is 1.88. The molecule has 0 aliphatic heterocycles. The normalized spacial score (nSPS) is 11.2. The number of halogens is 3. The lowest BCUT2D eigenvalue weighted by Crippen LogP contribution is -2.35. The summed E-state index contributed by atoms with van der Waals surface area (Å²) >= 11 is 0. The van der Waals surface area contributed by atoms with Crippen molar-refractivity contribution < 1.29 is 22.7 Å². The number of amides is 1. The summed E-state index contributed by atoms with van der Waals surface area (Å²) in [6.45, 7) is -1.52. The Labute approximate surface area is 96.6 Å². The molecule has 94 valence electrons. The van der Waals surface area contributed by atoms with Crippen molar-refractivity contribution in [2.24, 2.45) is 0 Å². The van der Waals surface area contributed by atoms with E-state index in [1.165, 1.54) is 0 Å². The molecule has 1 N–H and O–H groups in total. The van der Waals surface area contributed by atoms with Crippen LogP contribution in [0.5, 0.6) is 0 Å². The van der Waals surface area contributed by atoms with Crippen molar-refractivity contribution in [2.75, 3.05) is 13.2 Å². The quantitative estimate of drug-likeness (QED) is 0.862. The highest BCUT2D eigenvalue weighted by Gasteiger charge is 2.27. The van der Waals surface area contributed by atoms with Crippen LogP contribution in [0.2, 0.25) is 0 Å². The Morgan fingerprint density at radius 2 is 1.88 bits per heavy atom. The van der Waals surface area contributed by atoms with Crippen LogP contribution < -0.4 is 5.32 Å². The van der Waals surface area contributed by atoms with Gasteiger partial charge >= 0.3 is 6.18 Å². The average Bonchev–Trinajstić information content (AvgIpc) is 2.27. The highest BCUT2D eigenvalue weighted by atomic mass is 19.4. The fourth-order valence-corrected chi connectivity index (χ4v) is 1.09. The molecule has 0 bridgehead atoms. The fourth-order valence-electron chi connectivity index (χ4n) is 1.09. The average molecular weight is 247 g/mol. The van der Waals surface area contributed by atoms with Gasteiger partial charge in [0, 0.05) is 0 Å². The molecule has 1 aromatic rings. The topological polar surface area (TPSA) is 38.3 Å². The van der Waals surface area contributed by atoms with Crippen molar-refractivity contribution in [3.05, 3.63) is 35.9 Å². The van der Waals surface area contributed by atoms with Crippen LogP contribution in [-0.2, 0) is 16.1 Å². The molecule has 3 nitrogen and oxygen atoms in total. The lowest BCUT2D eigenvalue weighted by Gasteiger charge is -2.08. The Balaban J connectivity index is 2.17. The molecule has 6 heteroatoms. The highest BCUT2D eigenvalue weighted by molar-refractivity contribution is 5.77. The van der Waals surface area contributed by atoms with Crippen molar-refractivity contribution in [1.82, 2.24) is 5.32 Å². The smallest absolute Gasteiger partial charge is 0.367 e. The zero-order valence-electron chi connectivity index (χ0n) is 8.96. The first-order valence-corrected chi connectivity index (χ1v) is 4.92. The van der Waals surface area contributed by atoms with E-state index in [0.717, 1.165) is 5.56 Å². The molecule has 0 heterocycles. The number of carbonyl (C=O) groups is 1. The SMILES string of the molecule is O=C(COCc1ccccc1)NCC(F)(F)F. The molecule has 0 atom stereocenters. The molecular formula is C11H12F3NO2. The van der Waals surface area contributed by atoms with Crippen LogP contribution in [0.1, 0.15) is 5.56 Å². The minimum atomic E-state index is -4.39. The molecule has 0 aromatic heterocycles. The third-order valence-corrected chi connectivity index (χ3v) is 1.83. The number of ether oxygens (including phenoxy) is 1. The van der Waals surface area contributed by atoms with Crippen LogP contribution in [0.3, 0.4) is 0 Å². The van der Waals surface area contributed by atoms with Gasteiger partial charge in [-0.15, -0.1) is 0 Å². The second-order valence-electron chi connectivity index (χ2n) is 3.37. The van der Waals surface area contributed by atoms with Gasteiger partial charge < -0.3 is 10.1 Å². The van der Waals surface area contributed by atoms with Gasteiger partial charge in [-0.1, -0.05) is 30.3 Å². The summed E-state index contributed by atoms with van der Waals surface area (Å²) in [5, 5.41) is 1.72. The van der Waals surface area contributed by atoms with Gasteiger partial charge in [-0.2, -0.15) is 13.2 Å². The molecule has 0 radical (unpaired) electrons. The van der Waals surface area contributed by atoms with Gasteiger partial charge in [0.2, 0.25) is 5.91 Å². The maximum absolute atomic E-state index is 11.7. The minimum Gasteiger partial charge on any atom is -0.367 e. The second-order valence-corrected chi connectivity index (χ2v) is 3.37. The molecule has 1 rings (SSSR count). The van der Waals surface area contributed by atoms with Crippen molar-refractivity contribution in [3.63, 3.8) is 0 Å². The molecule has 0 unspecified atom stereocenters. The third-order valence-electron chi connectivity index (χ3n) is 1.83. The Kier molecular flexibility index (Phi) is 4.96. The Hall–Kier alpha value is -1.56. The van der Waals surface area contributed by atoms with E-state index in [2.05, 4.69) is 0 Å². The molecule has 1 amide bonds. The van der Waals surface area contributed by atoms with E-state index in [-0.39, 0.29) is 13.2 Å². The lowest BCUT2D eigenvalue weighted by molar-refractivity contribution is -0.141. The van der Waals surface area contributed by atoms with Crippen molar-refractivity contribution in [3.8, 4) is 0 Å². The fraction of sp³-hybridized carbons (Fsp3) is 0.364. The van der Waals surface area contributed by atoms with E-state index in [1.807, 2.05) is 18.2 Å². The van der Waals surface area contributed by atoms with E-state index in [9.17, 15) is 18.0 Å². The summed E-state index contributed by atoms with van der Waals surface area (Å²) in [5.74, 6) is -0.779. The van der Waals surface area contributed by atoms with E-state index in [0.29, 0.717) is 0 Å². The Morgan fingerprint density at radius 1 is 1.24 bits per heavy atom. The number of carbonyl (C=O) groups excluding carboxylic acids is 1. The zero-order chi connectivity index (χ0) is 12.7. The van der Waals surface area contributed by atoms with Crippen LogP contribution in [0, 0.1) is 0 Å². The summed E-state index contributed by atoms with van der Waals surface area (Å²) in [7, 11) is 0. The van der Waals surface area contributed by atoms with E-state index < -0.39 is 18.6 Å². The van der Waals surface area contributed by atoms with Crippen LogP contribution >= 0.6 is 0 Å². The van der Waals surface area contributed by atoms with Gasteiger partial charge in [-0.25, -0.2) is 0 Å². The van der Waals surface area contributed by atoms with Crippen molar-refractivity contribution in [2.45, 2.75) is 12.8 Å². The van der Waals surface area contributed by atoms with Gasteiger partial charge in [-0.3, -0.25) is 4.79 Å². The summed E-state index contributed by atoms with van der Waals surface area (Å²) in [4.78, 5) is 10.9. The van der Waals surface area contributed by atoms with Crippen LogP contribution in [-0.4, -0.2) is 25.2 Å². The molecule has 0 saturated carbocycles. The van der Waals surface area contributed by atoms with Gasteiger partial charge in [0.1, 0.15) is 13.2 Å². The molecule has 0 spiro atoms. The number of hydrogen-bond donors (Lipinski definition) is 1. The molecule has 0 saturated heterocycles. The minimum absolute atomic E-state index is 0.195. The Bertz CT molecular complexity index is 351. The van der Waals surface area contributed by atoms with E-state index in [1.54, 1.807) is 17.4 Å². The first-order valence-electron chi connectivity index (χ1n) is 4.92. The van der Waals surface area contributed by atoms with Crippen LogP contribution in [0.25, 0.3) is 0 Å². The molecule has 0 aliphatic carbocycles. The lowest BCUT2D eigenvalue weighted by atomic mass is 10.2. The maximum atomic E-state index is 11.7. The van der Waals surface area contributed by atoms with Crippen molar-refractivity contribution >= 4 is 5.91 Å². The number of benzene rings is 1. The number of nitrogens with one attached hydrogen (secondary N) is 1. The summed E-state index contributed by atoms with van der Waals surface area (Å²) in [6, 6.07) is 9.05. The third kappa shape index (κ3) is 6.57. The molecule has 17 heavy (non-hydrogen) atoms. The number of alkyl halides is 3. The first kappa shape index (κ1) is 13.5. The summed E-state index contributed by atoms with van der Waals surface area (Å²) in [5.41, 5.74) is 0.858. The molecule has 1 aromatic carbocycles. The molecule has 0 aliphatic rings. The monoisotopic (exact) mass is 247 g/mol. The zero-order valence-corrected chi connectivity index (χ0v) is 8.96. The van der Waals surface area contributed by atoms with Gasteiger partial charge in [0.25, 0.3) is 0 Å². The van der Waals surface area contributed by atoms with E-state index in [4.69, 9.17) is 4.74 Å². The van der Waals surface area contributed by atoms with Crippen molar-refractivity contribution in [1.29, 1.82) is 0 Å². The van der Waals surface area contributed by atoms with Crippen LogP contribution in [0.15, 0.2) is 30.3 Å². The van der Waals surface area contributed by atoms with E-state index >= 15 is 0 Å². The Morgan fingerprint density at radius 3 is 2.47 bits per heavy atom. The molecule has 0 fully saturated rings. The van der Waals surface area contributed by atoms with Gasteiger partial charge in [0.05, 0.1) is 6.61 Å². The first-order chi connectivity index (χ1) is 7.97. The highest BCUT2D eigenvalue weighted by Crippen LogP contribution is 2.11. The van der Waals surface area contributed by atoms with Gasteiger partial charge in [-0.05, 0) is 5.56 Å². The van der Waals surface area contributed by atoms with Crippen LogP contribution in [0.4, 0.5) is 13.2 Å².